The second-order valence-corrected chi connectivity index (χ2v) is 10.7. The highest BCUT2D eigenvalue weighted by molar-refractivity contribution is 6.32. The average molecular weight is 551 g/mol. The van der Waals surface area contributed by atoms with E-state index in [0.29, 0.717) is 29.1 Å². The molecule has 206 valence electrons. The molecule has 0 amide bonds. The third-order valence-electron chi connectivity index (χ3n) is 7.20. The zero-order chi connectivity index (χ0) is 27.5. The molecule has 0 atom stereocenters. The number of ether oxygens (including phenoxy) is 2. The molecule has 1 aliphatic heterocycles. The van der Waals surface area contributed by atoms with Gasteiger partial charge in [0.1, 0.15) is 5.75 Å². The van der Waals surface area contributed by atoms with Gasteiger partial charge in [-0.15, -0.1) is 0 Å². The van der Waals surface area contributed by atoms with Gasteiger partial charge in [0, 0.05) is 36.3 Å². The first-order chi connectivity index (χ1) is 18.8. The van der Waals surface area contributed by atoms with Crippen molar-refractivity contribution in [2.45, 2.75) is 46.1 Å². The molecule has 0 spiro atoms. The topological polar surface area (TPSA) is 82.6 Å². The van der Waals surface area contributed by atoms with Gasteiger partial charge in [-0.25, -0.2) is 0 Å². The number of piperidine rings is 1. The summed E-state index contributed by atoms with van der Waals surface area (Å²) in [6.45, 7) is 9.00. The number of nitrogens with zero attached hydrogens (tertiary/aromatic N) is 4. The van der Waals surface area contributed by atoms with Gasteiger partial charge in [-0.2, -0.15) is 4.98 Å². The van der Waals surface area contributed by atoms with Gasteiger partial charge in [-0.1, -0.05) is 28.9 Å². The van der Waals surface area contributed by atoms with Crippen molar-refractivity contribution in [3.63, 3.8) is 0 Å². The second-order valence-electron chi connectivity index (χ2n) is 10.3. The fraction of sp³-hybridized carbons (Fsp3) is 0.433. The van der Waals surface area contributed by atoms with E-state index in [9.17, 15) is 4.79 Å². The number of esters is 1. The van der Waals surface area contributed by atoms with E-state index in [1.54, 1.807) is 6.07 Å². The summed E-state index contributed by atoms with van der Waals surface area (Å²) in [6, 6.07) is 11.7. The molecule has 0 bridgehead atoms. The molecule has 0 saturated carbocycles. The largest absolute Gasteiger partial charge is 0.489 e. The van der Waals surface area contributed by atoms with Crippen LogP contribution < -0.4 is 4.74 Å². The van der Waals surface area contributed by atoms with Gasteiger partial charge < -0.3 is 23.5 Å². The van der Waals surface area contributed by atoms with Crippen LogP contribution in [0.3, 0.4) is 0 Å². The van der Waals surface area contributed by atoms with Crippen LogP contribution in [0.15, 0.2) is 47.1 Å². The maximum absolute atomic E-state index is 12.1. The number of benzene rings is 2. The average Bonchev–Trinajstić information content (AvgIpc) is 3.54. The summed E-state index contributed by atoms with van der Waals surface area (Å²) >= 11 is 6.43. The van der Waals surface area contributed by atoms with Crippen LogP contribution in [-0.4, -0.2) is 57.9 Å². The number of rotatable bonds is 9. The van der Waals surface area contributed by atoms with Crippen LogP contribution in [0.25, 0.3) is 33.7 Å². The number of halogens is 1. The first-order valence-electron chi connectivity index (χ1n) is 13.6. The fourth-order valence-electron chi connectivity index (χ4n) is 5.29. The quantitative estimate of drug-likeness (QED) is 0.231. The number of likely N-dealkylation sites (tertiary alicyclic amines) is 1. The monoisotopic (exact) mass is 550 g/mol. The Labute approximate surface area is 233 Å². The molecule has 8 nitrogen and oxygen atoms in total. The van der Waals surface area contributed by atoms with Gasteiger partial charge in [0.05, 0.1) is 29.2 Å². The molecule has 2 aromatic heterocycles. The summed E-state index contributed by atoms with van der Waals surface area (Å²) in [4.78, 5) is 19.2. The lowest BCUT2D eigenvalue weighted by Crippen LogP contribution is -2.38. The molecule has 9 heteroatoms. The van der Waals surface area contributed by atoms with Gasteiger partial charge in [0.25, 0.3) is 5.89 Å². The molecular weight excluding hydrogens is 516 g/mol. The zero-order valence-electron chi connectivity index (χ0n) is 22.9. The van der Waals surface area contributed by atoms with Crippen molar-refractivity contribution in [3.05, 3.63) is 53.2 Å². The van der Waals surface area contributed by atoms with Gasteiger partial charge in [0.15, 0.2) is 0 Å². The van der Waals surface area contributed by atoms with Crippen LogP contribution in [0.4, 0.5) is 0 Å². The van der Waals surface area contributed by atoms with E-state index in [1.165, 1.54) is 10.9 Å². The van der Waals surface area contributed by atoms with Gasteiger partial charge in [0.2, 0.25) is 5.82 Å². The van der Waals surface area contributed by atoms with Crippen LogP contribution >= 0.6 is 11.6 Å². The van der Waals surface area contributed by atoms with E-state index in [-0.39, 0.29) is 18.0 Å². The molecule has 0 radical (unpaired) electrons. The van der Waals surface area contributed by atoms with Gasteiger partial charge in [-0.05, 0) is 83.0 Å². The molecule has 1 saturated heterocycles. The Kier molecular flexibility index (Phi) is 8.23. The lowest BCUT2D eigenvalue weighted by Gasteiger charge is -2.30. The van der Waals surface area contributed by atoms with Crippen LogP contribution in [0, 0.1) is 5.92 Å². The van der Waals surface area contributed by atoms with Crippen LogP contribution in [-0.2, 0) is 23.0 Å². The molecule has 5 rings (SSSR count). The van der Waals surface area contributed by atoms with E-state index in [4.69, 9.17) is 30.6 Å². The highest BCUT2D eigenvalue weighted by Crippen LogP contribution is 2.34. The highest BCUT2D eigenvalue weighted by atomic mass is 35.5. The third kappa shape index (κ3) is 5.97. The number of aryl methyl sites for hydroxylation is 1. The Morgan fingerprint density at radius 2 is 2.00 bits per heavy atom. The Hall–Kier alpha value is -3.36. The van der Waals surface area contributed by atoms with E-state index >= 15 is 0 Å². The Bertz CT molecular complexity index is 1450. The van der Waals surface area contributed by atoms with Crippen molar-refractivity contribution in [1.29, 1.82) is 0 Å². The molecule has 1 aliphatic rings. The predicted molar refractivity (Wildman–Crippen MR) is 152 cm³/mol. The summed E-state index contributed by atoms with van der Waals surface area (Å²) in [5, 5.41) is 5.98. The van der Waals surface area contributed by atoms with Crippen molar-refractivity contribution >= 4 is 28.5 Å². The highest BCUT2D eigenvalue weighted by Gasteiger charge is 2.26. The summed E-state index contributed by atoms with van der Waals surface area (Å²) < 4.78 is 18.7. The lowest BCUT2D eigenvalue weighted by atomic mass is 9.96. The summed E-state index contributed by atoms with van der Waals surface area (Å²) in [6.07, 6.45) is 4.86. The number of para-hydroxylation sites is 1. The number of hydrogen-bond donors (Lipinski definition) is 0. The smallest absolute Gasteiger partial charge is 0.309 e. The Morgan fingerprint density at radius 1 is 1.21 bits per heavy atom. The summed E-state index contributed by atoms with van der Waals surface area (Å²) in [5.74, 6) is 1.54. The fourth-order valence-corrected chi connectivity index (χ4v) is 5.52. The van der Waals surface area contributed by atoms with Crippen molar-refractivity contribution in [2.75, 3.05) is 26.2 Å². The molecule has 0 N–H and O–H groups in total. The Morgan fingerprint density at radius 3 is 2.72 bits per heavy atom. The van der Waals surface area contributed by atoms with Crippen molar-refractivity contribution in [1.82, 2.24) is 19.6 Å². The second kappa shape index (κ2) is 11.8. The van der Waals surface area contributed by atoms with Crippen LogP contribution in [0.2, 0.25) is 5.02 Å². The third-order valence-corrected chi connectivity index (χ3v) is 7.49. The zero-order valence-corrected chi connectivity index (χ0v) is 23.7. The molecule has 0 unspecified atom stereocenters. The molecule has 2 aromatic carbocycles. The molecular formula is C30H35ClN4O4. The SMILES string of the molecule is CCOC(=O)C1CCN(CCc2cn(C)c3c(-c4noc(-c5ccc(OC(C)C)c(Cl)c5)n4)cccc23)CC1. The molecule has 3 heterocycles. The normalized spacial score (nSPS) is 14.8. The predicted octanol–water partition coefficient (Wildman–Crippen LogP) is 6.15. The van der Waals surface area contributed by atoms with Crippen molar-refractivity contribution in [2.24, 2.45) is 13.0 Å². The first kappa shape index (κ1) is 27.2. The van der Waals surface area contributed by atoms with E-state index < -0.39 is 0 Å². The van der Waals surface area contributed by atoms with Gasteiger partial charge >= 0.3 is 5.97 Å². The molecule has 1 fully saturated rings. The van der Waals surface area contributed by atoms with Crippen LogP contribution in [0.1, 0.15) is 39.2 Å². The summed E-state index contributed by atoms with van der Waals surface area (Å²) in [5.41, 5.74) is 4.00. The molecule has 0 aliphatic carbocycles. The first-order valence-corrected chi connectivity index (χ1v) is 14.0. The van der Waals surface area contributed by atoms with Crippen molar-refractivity contribution in [3.8, 4) is 28.6 Å². The lowest BCUT2D eigenvalue weighted by molar-refractivity contribution is -0.149. The number of fused-ring (bicyclic) bond motifs is 1. The van der Waals surface area contributed by atoms with E-state index in [2.05, 4.69) is 26.9 Å². The minimum Gasteiger partial charge on any atom is -0.489 e. The molecule has 39 heavy (non-hydrogen) atoms. The van der Waals surface area contributed by atoms with Crippen LogP contribution in [0.5, 0.6) is 5.75 Å². The number of carbonyl (C=O) groups excluding carboxylic acids is 1. The number of aromatic nitrogens is 3. The van der Waals surface area contributed by atoms with E-state index in [1.807, 2.05) is 52.1 Å². The number of hydrogen-bond acceptors (Lipinski definition) is 7. The number of carbonyl (C=O) groups is 1. The minimum atomic E-state index is -0.0522. The molecule has 4 aromatic rings. The van der Waals surface area contributed by atoms with E-state index in [0.717, 1.165) is 55.5 Å². The minimum absolute atomic E-state index is 0.0301. The standard InChI is InChI=1S/C30H35ClN4O4/c1-5-37-30(36)20-11-14-35(15-12-20)16-13-22-18-34(4)27-23(22)7-6-8-24(27)28-32-29(39-33-28)21-9-10-26(25(31)17-21)38-19(2)3/h6-10,17-20H,5,11-16H2,1-4H3. The van der Waals surface area contributed by atoms with Gasteiger partial charge in [-0.3, -0.25) is 4.79 Å². The Balaban J connectivity index is 1.31. The van der Waals surface area contributed by atoms with Crippen molar-refractivity contribution < 1.29 is 18.8 Å². The maximum Gasteiger partial charge on any atom is 0.309 e. The maximum atomic E-state index is 12.1. The summed E-state index contributed by atoms with van der Waals surface area (Å²) in [7, 11) is 2.05.